The molecular formula is C38H62O12. The van der Waals surface area contributed by atoms with Gasteiger partial charge in [-0.15, -0.1) is 0 Å². The lowest BCUT2D eigenvalue weighted by Gasteiger charge is -2.61. The van der Waals surface area contributed by atoms with E-state index < -0.39 is 61.9 Å². The molecule has 0 bridgehead atoms. The highest BCUT2D eigenvalue weighted by molar-refractivity contribution is 5.15. The van der Waals surface area contributed by atoms with Gasteiger partial charge >= 0.3 is 0 Å². The Morgan fingerprint density at radius 3 is 2.26 bits per heavy atom. The maximum Gasteiger partial charge on any atom is 0.187 e. The van der Waals surface area contributed by atoms with Gasteiger partial charge in [-0.05, 0) is 104 Å². The zero-order chi connectivity index (χ0) is 35.3. The van der Waals surface area contributed by atoms with Gasteiger partial charge in [-0.1, -0.05) is 27.7 Å². The first kappa shape index (κ1) is 36.5. The Morgan fingerprint density at radius 2 is 1.52 bits per heavy atom. The van der Waals surface area contributed by atoms with Gasteiger partial charge in [0.05, 0.1) is 32.0 Å². The summed E-state index contributed by atoms with van der Waals surface area (Å²) in [6.07, 6.45) is -1.27. The van der Waals surface area contributed by atoms with E-state index in [1.54, 1.807) is 0 Å². The van der Waals surface area contributed by atoms with Crippen molar-refractivity contribution in [1.29, 1.82) is 0 Å². The molecule has 4 aliphatic heterocycles. The lowest BCUT2D eigenvalue weighted by molar-refractivity contribution is -0.364. The van der Waals surface area contributed by atoms with E-state index in [9.17, 15) is 30.6 Å². The predicted molar refractivity (Wildman–Crippen MR) is 177 cm³/mol. The van der Waals surface area contributed by atoms with Gasteiger partial charge in [0.15, 0.2) is 18.4 Å². The van der Waals surface area contributed by atoms with Gasteiger partial charge in [-0.3, -0.25) is 0 Å². The first-order valence-electron chi connectivity index (χ1n) is 19.7. The van der Waals surface area contributed by atoms with Crippen LogP contribution in [0, 0.1) is 52.3 Å². The molecule has 8 aliphatic rings. The molecule has 12 heteroatoms. The molecule has 0 aromatic heterocycles. The van der Waals surface area contributed by atoms with Crippen LogP contribution in [0.15, 0.2) is 0 Å². The molecule has 0 aromatic rings. The molecule has 286 valence electrons. The Balaban J connectivity index is 0.939. The minimum atomic E-state index is -1.58. The number of fused-ring (bicyclic) bond motifs is 7. The van der Waals surface area contributed by atoms with Crippen molar-refractivity contribution in [3.8, 4) is 0 Å². The molecular weight excluding hydrogens is 648 g/mol. The van der Waals surface area contributed by atoms with Crippen LogP contribution in [0.25, 0.3) is 0 Å². The van der Waals surface area contributed by atoms with Crippen LogP contribution in [0.5, 0.6) is 0 Å². The molecule has 6 N–H and O–H groups in total. The number of aliphatic hydroxyl groups is 6. The highest BCUT2D eigenvalue weighted by Crippen LogP contribution is 2.71. The van der Waals surface area contributed by atoms with E-state index in [0.717, 1.165) is 45.1 Å². The summed E-state index contributed by atoms with van der Waals surface area (Å²) in [6.45, 7) is 9.79. The second-order valence-corrected chi connectivity index (χ2v) is 18.3. The summed E-state index contributed by atoms with van der Waals surface area (Å²) in [5.74, 6) is 3.65. The summed E-state index contributed by atoms with van der Waals surface area (Å²) in [5, 5.41) is 62.2. The van der Waals surface area contributed by atoms with Crippen molar-refractivity contribution >= 4 is 0 Å². The summed E-state index contributed by atoms with van der Waals surface area (Å²) in [6, 6.07) is 0. The first-order valence-corrected chi connectivity index (χ1v) is 19.7. The first-order chi connectivity index (χ1) is 23.8. The molecule has 4 saturated heterocycles. The van der Waals surface area contributed by atoms with Crippen molar-refractivity contribution in [3.63, 3.8) is 0 Å². The van der Waals surface area contributed by atoms with Crippen molar-refractivity contribution in [3.05, 3.63) is 0 Å². The van der Waals surface area contributed by atoms with Crippen LogP contribution in [0.3, 0.4) is 0 Å². The summed E-state index contributed by atoms with van der Waals surface area (Å²) in [5.41, 5.74) is 0.470. The highest BCUT2D eigenvalue weighted by Gasteiger charge is 2.69. The molecule has 12 nitrogen and oxygen atoms in total. The molecule has 1 spiro atoms. The van der Waals surface area contributed by atoms with E-state index >= 15 is 0 Å². The molecule has 21 atom stereocenters. The fraction of sp³-hybridized carbons (Fsp3) is 1.00. The number of ether oxygens (including phenoxy) is 6. The van der Waals surface area contributed by atoms with E-state index in [1.807, 2.05) is 0 Å². The maximum absolute atomic E-state index is 11.1. The van der Waals surface area contributed by atoms with Crippen molar-refractivity contribution in [1.82, 2.24) is 0 Å². The lowest BCUT2D eigenvalue weighted by atomic mass is 9.44. The normalized spacial score (nSPS) is 59.4. The zero-order valence-corrected chi connectivity index (χ0v) is 30.2. The monoisotopic (exact) mass is 710 g/mol. The average molecular weight is 711 g/mol. The van der Waals surface area contributed by atoms with Gasteiger partial charge in [0, 0.05) is 12.3 Å². The molecule has 0 amide bonds. The van der Waals surface area contributed by atoms with E-state index in [2.05, 4.69) is 27.7 Å². The van der Waals surface area contributed by atoms with Crippen LogP contribution in [-0.4, -0.2) is 124 Å². The Kier molecular flexibility index (Phi) is 9.76. The van der Waals surface area contributed by atoms with E-state index in [4.69, 9.17) is 28.4 Å². The molecule has 11 unspecified atom stereocenters. The number of rotatable bonds is 5. The van der Waals surface area contributed by atoms with Crippen molar-refractivity contribution in [2.45, 2.75) is 165 Å². The predicted octanol–water partition coefficient (Wildman–Crippen LogP) is 2.08. The Bertz CT molecular complexity index is 1210. The molecule has 8 rings (SSSR count). The van der Waals surface area contributed by atoms with Crippen LogP contribution < -0.4 is 0 Å². The molecule has 50 heavy (non-hydrogen) atoms. The summed E-state index contributed by atoms with van der Waals surface area (Å²) >= 11 is 0. The molecule has 0 aromatic carbocycles. The van der Waals surface area contributed by atoms with Crippen molar-refractivity contribution < 1.29 is 59.1 Å². The van der Waals surface area contributed by atoms with Gasteiger partial charge in [-0.25, -0.2) is 0 Å². The number of hydrogen-bond acceptors (Lipinski definition) is 12. The number of aliphatic hydroxyl groups excluding tert-OH is 6. The van der Waals surface area contributed by atoms with Gasteiger partial charge in [0.25, 0.3) is 0 Å². The van der Waals surface area contributed by atoms with Gasteiger partial charge in [0.2, 0.25) is 0 Å². The highest BCUT2D eigenvalue weighted by atomic mass is 16.8. The number of hydrogen-bond donors (Lipinski definition) is 6. The third kappa shape index (κ3) is 5.68. The van der Waals surface area contributed by atoms with E-state index in [-0.39, 0.29) is 35.4 Å². The third-order valence-electron chi connectivity index (χ3n) is 15.8. The zero-order valence-electron chi connectivity index (χ0n) is 30.2. The maximum atomic E-state index is 11.1. The van der Waals surface area contributed by atoms with Crippen molar-refractivity contribution in [2.75, 3.05) is 19.8 Å². The third-order valence-corrected chi connectivity index (χ3v) is 15.8. The van der Waals surface area contributed by atoms with Gasteiger partial charge in [0.1, 0.15) is 42.7 Å². The lowest BCUT2D eigenvalue weighted by Crippen LogP contribution is -2.63. The van der Waals surface area contributed by atoms with Crippen LogP contribution in [-0.2, 0) is 28.4 Å². The summed E-state index contributed by atoms with van der Waals surface area (Å²) in [4.78, 5) is 0. The van der Waals surface area contributed by atoms with Crippen LogP contribution >= 0.6 is 0 Å². The Labute approximate surface area is 296 Å². The second-order valence-electron chi connectivity index (χ2n) is 18.3. The summed E-state index contributed by atoms with van der Waals surface area (Å²) in [7, 11) is 0. The minimum absolute atomic E-state index is 0.185. The average Bonchev–Trinajstić information content (AvgIpc) is 3.54. The van der Waals surface area contributed by atoms with Gasteiger partial charge in [-0.2, -0.15) is 0 Å². The van der Waals surface area contributed by atoms with Crippen LogP contribution in [0.1, 0.15) is 91.9 Å². The van der Waals surface area contributed by atoms with Crippen molar-refractivity contribution in [2.24, 2.45) is 52.3 Å². The Morgan fingerprint density at radius 1 is 0.740 bits per heavy atom. The molecule has 4 saturated carbocycles. The van der Waals surface area contributed by atoms with E-state index in [0.29, 0.717) is 41.4 Å². The standard InChI is InChI=1S/C38H62O12/c1-18-7-12-38(46-16-18)19(2)28-26(50-38)14-24-22-6-5-20-13-21(8-10-36(20,3)23(22)9-11-37(24,28)4)47-35-33(31(43)30(42)27(15-39)48-35)49-34-32(44)29(41)25(40)17-45-34/h18-35,39-44H,5-17H2,1-4H3/t18?,19-,20?,21?,22?,23?,24?,25+,26?,27+,28?,29+,30+,31+,32+,33+,34-,35+,36?,37?,38?/m0/s1. The van der Waals surface area contributed by atoms with Gasteiger partial charge < -0.3 is 59.1 Å². The second kappa shape index (κ2) is 13.4. The summed E-state index contributed by atoms with van der Waals surface area (Å²) < 4.78 is 37.4. The fourth-order valence-electron chi connectivity index (χ4n) is 12.9. The topological polar surface area (TPSA) is 177 Å². The fourth-order valence-corrected chi connectivity index (χ4v) is 12.9. The van der Waals surface area contributed by atoms with Crippen LogP contribution in [0.4, 0.5) is 0 Å². The minimum Gasteiger partial charge on any atom is -0.394 e. The molecule has 4 heterocycles. The van der Waals surface area contributed by atoms with E-state index in [1.165, 1.54) is 25.7 Å². The Hall–Kier alpha value is -0.480. The quantitative estimate of drug-likeness (QED) is 0.230. The smallest absolute Gasteiger partial charge is 0.187 e. The van der Waals surface area contributed by atoms with Crippen LogP contribution in [0.2, 0.25) is 0 Å². The SMILES string of the molecule is CC1CCC2(OC1)OC1CC3C4CCC5CC(O[C@@H]6O[C@H](CO)[C@@H](O)[C@@H](O)[C@H]6O[C@@H]6OC[C@@H](O)[C@@H](O)[C@H]6O)CCC5(C)C4CCC3(C)C1[C@@H]2C. The molecule has 8 fully saturated rings. The largest absolute Gasteiger partial charge is 0.394 e. The molecule has 4 aliphatic carbocycles. The molecule has 0 radical (unpaired) electrons.